The van der Waals surface area contributed by atoms with Gasteiger partial charge < -0.3 is 5.32 Å². The van der Waals surface area contributed by atoms with Gasteiger partial charge in [-0.25, -0.2) is 0 Å². The molecule has 1 aromatic carbocycles. The van der Waals surface area contributed by atoms with Gasteiger partial charge in [-0.05, 0) is 71.4 Å². The van der Waals surface area contributed by atoms with Gasteiger partial charge in [-0.15, -0.1) is 11.3 Å². The summed E-state index contributed by atoms with van der Waals surface area (Å²) in [6.07, 6.45) is 8.45. The van der Waals surface area contributed by atoms with Gasteiger partial charge in [0.25, 0.3) is 5.91 Å². The Bertz CT molecular complexity index is 1020. The standard InChI is InChI=1S/C25H30BrCl2N3OS/c1-3-19(16-8-6-4-5-7-9-16)29-25(32)23-15(2)24(21-12-13-22(26)33-21)31(30-23)20-11-10-17(27)14-18(20)28/h10-16,19,24H,3-9H2,1-2H3,(H,29,32)/t15-,19?,24-/m0/s1. The highest BCUT2D eigenvalue weighted by molar-refractivity contribution is 9.11. The third kappa shape index (κ3) is 5.61. The van der Waals surface area contributed by atoms with Crippen molar-refractivity contribution >= 4 is 67.8 Å². The SMILES string of the molecule is CCC(NC(=O)C1=NN(c2ccc(Cl)cc2Cl)[C@H](c2ccc(Br)s2)[C@H]1C)C1CCCCCC1. The number of carbonyl (C=O) groups is 1. The summed E-state index contributed by atoms with van der Waals surface area (Å²) < 4.78 is 1.05. The molecule has 1 aliphatic carbocycles. The molecule has 4 nitrogen and oxygen atoms in total. The summed E-state index contributed by atoms with van der Waals surface area (Å²) >= 11 is 17.9. The Labute approximate surface area is 218 Å². The summed E-state index contributed by atoms with van der Waals surface area (Å²) in [4.78, 5) is 14.7. The van der Waals surface area contributed by atoms with Crippen LogP contribution in [-0.2, 0) is 4.79 Å². The molecule has 4 rings (SSSR count). The van der Waals surface area contributed by atoms with Crippen LogP contribution in [0.4, 0.5) is 5.69 Å². The molecule has 3 atom stereocenters. The smallest absolute Gasteiger partial charge is 0.268 e. The Morgan fingerprint density at radius 1 is 1.21 bits per heavy atom. The highest BCUT2D eigenvalue weighted by Gasteiger charge is 2.41. The number of thiophene rings is 1. The topological polar surface area (TPSA) is 44.7 Å². The van der Waals surface area contributed by atoms with E-state index in [0.29, 0.717) is 21.7 Å². The van der Waals surface area contributed by atoms with Crippen molar-refractivity contribution in [3.8, 4) is 0 Å². The van der Waals surface area contributed by atoms with E-state index in [1.165, 1.54) is 38.5 Å². The summed E-state index contributed by atoms with van der Waals surface area (Å²) in [5, 5.41) is 11.2. The molecule has 8 heteroatoms. The summed E-state index contributed by atoms with van der Waals surface area (Å²) in [7, 11) is 0. The van der Waals surface area contributed by atoms with E-state index < -0.39 is 0 Å². The van der Waals surface area contributed by atoms with E-state index in [4.69, 9.17) is 28.3 Å². The van der Waals surface area contributed by atoms with Gasteiger partial charge in [-0.1, -0.05) is 62.7 Å². The summed E-state index contributed by atoms with van der Waals surface area (Å²) in [5.41, 5.74) is 1.31. The zero-order valence-corrected chi connectivity index (χ0v) is 22.9. The second-order valence-corrected chi connectivity index (χ2v) is 12.4. The molecule has 1 aromatic heterocycles. The van der Waals surface area contributed by atoms with Crippen LogP contribution in [0.15, 0.2) is 39.2 Å². The fourth-order valence-electron chi connectivity index (χ4n) is 5.12. The molecule has 178 valence electrons. The Morgan fingerprint density at radius 3 is 2.55 bits per heavy atom. The Balaban J connectivity index is 1.63. The van der Waals surface area contributed by atoms with Crippen LogP contribution in [0.25, 0.3) is 0 Å². The van der Waals surface area contributed by atoms with E-state index in [2.05, 4.69) is 41.2 Å². The Kier molecular flexibility index (Phi) is 8.42. The lowest BCUT2D eigenvalue weighted by Crippen LogP contribution is -2.44. The lowest BCUT2D eigenvalue weighted by atomic mass is 9.89. The van der Waals surface area contributed by atoms with E-state index in [1.54, 1.807) is 17.4 Å². The molecular weight excluding hydrogens is 541 g/mol. The Hall–Kier alpha value is -1.08. The van der Waals surface area contributed by atoms with Crippen LogP contribution < -0.4 is 10.3 Å². The number of carbonyl (C=O) groups excluding carboxylic acids is 1. The highest BCUT2D eigenvalue weighted by atomic mass is 79.9. The van der Waals surface area contributed by atoms with Crippen LogP contribution in [0.3, 0.4) is 0 Å². The summed E-state index contributed by atoms with van der Waals surface area (Å²) in [5.74, 6) is 0.394. The molecule has 2 aromatic rings. The number of halogens is 3. The molecule has 33 heavy (non-hydrogen) atoms. The first-order chi connectivity index (χ1) is 15.9. The van der Waals surface area contributed by atoms with Crippen molar-refractivity contribution in [1.82, 2.24) is 5.32 Å². The number of hydrazone groups is 1. The maximum atomic E-state index is 13.5. The maximum absolute atomic E-state index is 13.5. The molecule has 0 bridgehead atoms. The fourth-order valence-corrected chi connectivity index (χ4v) is 7.23. The Morgan fingerprint density at radius 2 is 1.94 bits per heavy atom. The van der Waals surface area contributed by atoms with Gasteiger partial charge in [0.1, 0.15) is 5.71 Å². The largest absolute Gasteiger partial charge is 0.348 e. The van der Waals surface area contributed by atoms with Crippen LogP contribution in [0, 0.1) is 11.8 Å². The molecule has 0 spiro atoms. The molecule has 1 unspecified atom stereocenters. The molecule has 1 aliphatic heterocycles. The van der Waals surface area contributed by atoms with Gasteiger partial charge in [-0.3, -0.25) is 9.80 Å². The highest BCUT2D eigenvalue weighted by Crippen LogP contribution is 2.45. The average molecular weight is 571 g/mol. The number of amides is 1. The molecule has 2 aliphatic rings. The predicted molar refractivity (Wildman–Crippen MR) is 144 cm³/mol. The average Bonchev–Trinajstić information content (AvgIpc) is 3.23. The van der Waals surface area contributed by atoms with Gasteiger partial charge >= 0.3 is 0 Å². The number of anilines is 1. The van der Waals surface area contributed by atoms with Crippen LogP contribution in [0.5, 0.6) is 0 Å². The zero-order valence-electron chi connectivity index (χ0n) is 19.0. The number of nitrogens with zero attached hydrogens (tertiary/aromatic N) is 2. The normalized spacial score (nSPS) is 22.7. The van der Waals surface area contributed by atoms with Gasteiger partial charge in [0.05, 0.1) is 20.5 Å². The number of nitrogens with one attached hydrogen (secondary N) is 1. The molecule has 0 saturated heterocycles. The van der Waals surface area contributed by atoms with E-state index in [-0.39, 0.29) is 23.9 Å². The first-order valence-electron chi connectivity index (χ1n) is 11.8. The number of hydrogen-bond acceptors (Lipinski definition) is 4. The van der Waals surface area contributed by atoms with E-state index in [1.807, 2.05) is 23.2 Å². The van der Waals surface area contributed by atoms with Gasteiger partial charge in [-0.2, -0.15) is 5.10 Å². The molecular formula is C25H30BrCl2N3OS. The van der Waals surface area contributed by atoms with Crippen molar-refractivity contribution in [1.29, 1.82) is 0 Å². The summed E-state index contributed by atoms with van der Waals surface area (Å²) in [6.45, 7) is 4.24. The van der Waals surface area contributed by atoms with E-state index in [0.717, 1.165) is 20.8 Å². The van der Waals surface area contributed by atoms with E-state index >= 15 is 0 Å². The molecule has 1 amide bonds. The lowest BCUT2D eigenvalue weighted by molar-refractivity contribution is -0.116. The molecule has 0 radical (unpaired) electrons. The van der Waals surface area contributed by atoms with Crippen LogP contribution in [-0.4, -0.2) is 17.7 Å². The monoisotopic (exact) mass is 569 g/mol. The lowest BCUT2D eigenvalue weighted by Gasteiger charge is -2.27. The number of rotatable bonds is 6. The predicted octanol–water partition coefficient (Wildman–Crippen LogP) is 8.24. The second kappa shape index (κ2) is 11.1. The fraction of sp³-hybridized carbons (Fsp3) is 0.520. The van der Waals surface area contributed by atoms with Crippen molar-refractivity contribution in [2.75, 3.05) is 5.01 Å². The molecule has 1 saturated carbocycles. The first kappa shape index (κ1) is 25.0. The minimum absolute atomic E-state index is 0.0631. The quantitative estimate of drug-likeness (QED) is 0.355. The molecule has 1 N–H and O–H groups in total. The summed E-state index contributed by atoms with van der Waals surface area (Å²) in [6, 6.07) is 9.60. The first-order valence-corrected chi connectivity index (χ1v) is 14.1. The van der Waals surface area contributed by atoms with Gasteiger partial charge in [0.15, 0.2) is 0 Å². The van der Waals surface area contributed by atoms with Gasteiger partial charge in [0.2, 0.25) is 0 Å². The van der Waals surface area contributed by atoms with Crippen LogP contribution in [0.2, 0.25) is 10.0 Å². The van der Waals surface area contributed by atoms with Crippen molar-refractivity contribution in [3.05, 3.63) is 49.0 Å². The van der Waals surface area contributed by atoms with Crippen molar-refractivity contribution in [2.24, 2.45) is 16.9 Å². The van der Waals surface area contributed by atoms with Crippen molar-refractivity contribution in [2.45, 2.75) is 70.9 Å². The second-order valence-electron chi connectivity index (χ2n) is 9.04. The number of benzene rings is 1. The number of hydrogen-bond donors (Lipinski definition) is 1. The van der Waals surface area contributed by atoms with E-state index in [9.17, 15) is 4.79 Å². The van der Waals surface area contributed by atoms with Crippen LogP contribution in [0.1, 0.15) is 69.7 Å². The molecule has 1 fully saturated rings. The van der Waals surface area contributed by atoms with Crippen LogP contribution >= 0.6 is 50.5 Å². The molecule has 2 heterocycles. The third-order valence-corrected chi connectivity index (χ3v) is 9.12. The van der Waals surface area contributed by atoms with Gasteiger partial charge in [0, 0.05) is 21.9 Å². The minimum Gasteiger partial charge on any atom is -0.348 e. The minimum atomic E-state index is -0.112. The zero-order chi connectivity index (χ0) is 23.5. The van der Waals surface area contributed by atoms with Crippen molar-refractivity contribution < 1.29 is 4.79 Å². The third-order valence-electron chi connectivity index (χ3n) is 6.88. The maximum Gasteiger partial charge on any atom is 0.268 e. The van der Waals surface area contributed by atoms with Crippen molar-refractivity contribution in [3.63, 3.8) is 0 Å².